The Morgan fingerprint density at radius 1 is 1.26 bits per heavy atom. The maximum atomic E-state index is 14.4. The van der Waals surface area contributed by atoms with Gasteiger partial charge in [-0.15, -0.1) is 0 Å². The number of rotatable bonds is 8. The van der Waals surface area contributed by atoms with Crippen LogP contribution in [0.15, 0.2) is 60.9 Å². The molecule has 1 aromatic carbocycles. The molecule has 2 atom stereocenters. The highest BCUT2D eigenvalue weighted by Gasteiger charge is 2.60. The Hall–Kier alpha value is -3.20. The van der Waals surface area contributed by atoms with E-state index in [1.165, 1.54) is 25.1 Å². The van der Waals surface area contributed by atoms with Gasteiger partial charge in [-0.2, -0.15) is 0 Å². The molecule has 4 rings (SSSR count). The van der Waals surface area contributed by atoms with E-state index in [9.17, 15) is 17.6 Å². The summed E-state index contributed by atoms with van der Waals surface area (Å²) in [5.41, 5.74) is 0.588. The highest BCUT2D eigenvalue weighted by Crippen LogP contribution is 2.53. The number of H-pyrrole nitrogens is 1. The van der Waals surface area contributed by atoms with Gasteiger partial charge >= 0.3 is 0 Å². The van der Waals surface area contributed by atoms with Crippen molar-refractivity contribution < 1.29 is 22.3 Å². The number of amides is 1. The second-order valence-electron chi connectivity index (χ2n) is 9.35. The van der Waals surface area contributed by atoms with Gasteiger partial charge in [-0.3, -0.25) is 9.78 Å². The van der Waals surface area contributed by atoms with Crippen molar-refractivity contribution in [2.24, 2.45) is 0 Å². The molecule has 1 aliphatic rings. The first-order chi connectivity index (χ1) is 16.6. The van der Waals surface area contributed by atoms with Crippen molar-refractivity contribution >= 4 is 15.7 Å². The van der Waals surface area contributed by atoms with Crippen LogP contribution in [-0.4, -0.2) is 42.2 Å². The van der Waals surface area contributed by atoms with E-state index in [0.29, 0.717) is 17.7 Å². The number of nitrogens with one attached hydrogen (secondary N) is 2. The summed E-state index contributed by atoms with van der Waals surface area (Å²) in [6.45, 7) is 5.39. The van der Waals surface area contributed by atoms with E-state index in [4.69, 9.17) is 4.74 Å². The van der Waals surface area contributed by atoms with Gasteiger partial charge in [0.05, 0.1) is 0 Å². The molecule has 0 saturated heterocycles. The molecule has 0 bridgehead atoms. The van der Waals surface area contributed by atoms with E-state index in [-0.39, 0.29) is 24.4 Å². The minimum atomic E-state index is -4.08. The summed E-state index contributed by atoms with van der Waals surface area (Å²) >= 11 is 0. The zero-order valence-corrected chi connectivity index (χ0v) is 20.9. The van der Waals surface area contributed by atoms with E-state index >= 15 is 0 Å². The molecule has 1 aliphatic heterocycles. The normalized spacial score (nSPS) is 18.7. The molecule has 7 nitrogen and oxygen atoms in total. The summed E-state index contributed by atoms with van der Waals surface area (Å²) in [7, 11) is -4.08. The zero-order chi connectivity index (χ0) is 25.3. The number of fused-ring (bicyclic) bond motifs is 1. The van der Waals surface area contributed by atoms with Crippen molar-refractivity contribution in [1.82, 2.24) is 15.3 Å². The lowest BCUT2D eigenvalue weighted by molar-refractivity contribution is -0.125. The first-order valence-electron chi connectivity index (χ1n) is 11.6. The first-order valence-corrected chi connectivity index (χ1v) is 13.3. The van der Waals surface area contributed by atoms with Crippen molar-refractivity contribution in [1.29, 1.82) is 0 Å². The Kier molecular flexibility index (Phi) is 6.73. The van der Waals surface area contributed by atoms with Gasteiger partial charge in [-0.05, 0) is 62.7 Å². The van der Waals surface area contributed by atoms with Gasteiger partial charge < -0.3 is 15.0 Å². The van der Waals surface area contributed by atoms with Crippen molar-refractivity contribution in [2.45, 2.75) is 49.9 Å². The molecule has 2 aromatic heterocycles. The van der Waals surface area contributed by atoms with Gasteiger partial charge in [0.25, 0.3) is 0 Å². The number of hydrogen-bond donors (Lipinski definition) is 2. The number of aromatic amines is 1. The molecule has 2 N–H and O–H groups in total. The number of halogens is 1. The summed E-state index contributed by atoms with van der Waals surface area (Å²) in [6.07, 6.45) is 3.88. The molecule has 1 amide bonds. The number of benzene rings is 1. The quantitative estimate of drug-likeness (QED) is 0.490. The maximum Gasteiger partial charge on any atom is 0.248 e. The Balaban J connectivity index is 1.87. The lowest BCUT2D eigenvalue weighted by Gasteiger charge is -2.45. The lowest BCUT2D eigenvalue weighted by Crippen LogP contribution is -2.57. The van der Waals surface area contributed by atoms with Crippen LogP contribution in [0.4, 0.5) is 4.39 Å². The SMILES string of the molecule is CCS(=O)(=O)C(C(=O)NCCc1ccccn1)(c1ccc[nH]1)C1CC(C)(C)Oc2ccc(F)cc21. The fourth-order valence-corrected chi connectivity index (χ4v) is 6.87. The third-order valence-corrected chi connectivity index (χ3v) is 8.95. The number of hydrogen-bond acceptors (Lipinski definition) is 5. The van der Waals surface area contributed by atoms with Crippen LogP contribution < -0.4 is 10.1 Å². The molecular formula is C26H30FN3O4S. The second-order valence-corrected chi connectivity index (χ2v) is 11.8. The Morgan fingerprint density at radius 2 is 2.06 bits per heavy atom. The smallest absolute Gasteiger partial charge is 0.248 e. The highest BCUT2D eigenvalue weighted by molar-refractivity contribution is 7.93. The molecule has 3 aromatic rings. The standard InChI is InChI=1S/C26H30FN3O4S/c1-4-35(32,33)26(23-9-7-14-29-23,24(31)30-15-12-19-8-5-6-13-28-19)21-17-25(2,3)34-22-11-10-18(27)16-20(21)22/h5-11,13-14,16,21,29H,4,12,15,17H2,1-3H3,(H,30,31). The lowest BCUT2D eigenvalue weighted by atomic mass is 9.74. The molecule has 9 heteroatoms. The van der Waals surface area contributed by atoms with E-state index in [2.05, 4.69) is 15.3 Å². The molecule has 0 spiro atoms. The average molecular weight is 500 g/mol. The van der Waals surface area contributed by atoms with E-state index in [1.54, 1.807) is 30.6 Å². The highest BCUT2D eigenvalue weighted by atomic mass is 32.2. The van der Waals surface area contributed by atoms with Crippen LogP contribution in [-0.2, 0) is 25.8 Å². The first kappa shape index (κ1) is 24.9. The van der Waals surface area contributed by atoms with Gasteiger partial charge in [-0.25, -0.2) is 12.8 Å². The molecule has 0 fully saturated rings. The van der Waals surface area contributed by atoms with Crippen LogP contribution >= 0.6 is 0 Å². The third kappa shape index (κ3) is 4.57. The Labute approximate surface area is 205 Å². The Morgan fingerprint density at radius 3 is 2.71 bits per heavy atom. The second kappa shape index (κ2) is 9.45. The van der Waals surface area contributed by atoms with Gasteiger partial charge in [0, 0.05) is 54.0 Å². The molecule has 35 heavy (non-hydrogen) atoms. The van der Waals surface area contributed by atoms with Crippen LogP contribution in [0, 0.1) is 5.82 Å². The van der Waals surface area contributed by atoms with E-state index in [1.807, 2.05) is 26.0 Å². The topological polar surface area (TPSA) is 101 Å². The van der Waals surface area contributed by atoms with E-state index < -0.39 is 37.8 Å². The van der Waals surface area contributed by atoms with Crippen molar-refractivity contribution in [2.75, 3.05) is 12.3 Å². The maximum absolute atomic E-state index is 14.4. The molecular weight excluding hydrogens is 469 g/mol. The number of sulfone groups is 1. The number of aromatic nitrogens is 2. The molecule has 186 valence electrons. The third-order valence-electron chi connectivity index (χ3n) is 6.52. The Bertz CT molecular complexity index is 1290. The summed E-state index contributed by atoms with van der Waals surface area (Å²) in [4.78, 5) is 21.4. The van der Waals surface area contributed by atoms with Crippen LogP contribution in [0.1, 0.15) is 50.1 Å². The molecule has 0 saturated carbocycles. The van der Waals surface area contributed by atoms with Crippen LogP contribution in [0.25, 0.3) is 0 Å². The summed E-state index contributed by atoms with van der Waals surface area (Å²) in [6, 6.07) is 12.8. The van der Waals surface area contributed by atoms with Gasteiger partial charge in [-0.1, -0.05) is 13.0 Å². The summed E-state index contributed by atoms with van der Waals surface area (Å²) in [5, 5.41) is 2.86. The zero-order valence-electron chi connectivity index (χ0n) is 20.0. The number of nitrogens with zero attached hydrogens (tertiary/aromatic N) is 1. The molecule has 3 heterocycles. The molecule has 0 aliphatic carbocycles. The van der Waals surface area contributed by atoms with Gasteiger partial charge in [0.15, 0.2) is 14.6 Å². The van der Waals surface area contributed by atoms with Crippen molar-refractivity contribution in [3.05, 3.63) is 83.7 Å². The fraction of sp³-hybridized carbons (Fsp3) is 0.385. The van der Waals surface area contributed by atoms with Crippen molar-refractivity contribution in [3.63, 3.8) is 0 Å². The van der Waals surface area contributed by atoms with E-state index in [0.717, 1.165) is 5.69 Å². The number of carbonyl (C=O) groups is 1. The van der Waals surface area contributed by atoms with Crippen LogP contribution in [0.3, 0.4) is 0 Å². The average Bonchev–Trinajstić information content (AvgIpc) is 3.35. The van der Waals surface area contributed by atoms with Crippen molar-refractivity contribution in [3.8, 4) is 5.75 Å². The summed E-state index contributed by atoms with van der Waals surface area (Å²) in [5.74, 6) is -1.98. The van der Waals surface area contributed by atoms with Gasteiger partial charge in [0.2, 0.25) is 5.91 Å². The summed E-state index contributed by atoms with van der Waals surface area (Å²) < 4.78 is 46.4. The minimum Gasteiger partial charge on any atom is -0.488 e. The molecule has 2 unspecified atom stereocenters. The minimum absolute atomic E-state index is 0.190. The van der Waals surface area contributed by atoms with Crippen LogP contribution in [0.5, 0.6) is 5.75 Å². The fourth-order valence-electron chi connectivity index (χ4n) is 4.95. The molecule has 0 radical (unpaired) electrons. The number of pyridine rings is 1. The van der Waals surface area contributed by atoms with Gasteiger partial charge in [0.1, 0.15) is 17.2 Å². The predicted molar refractivity (Wildman–Crippen MR) is 131 cm³/mol. The number of ether oxygens (including phenoxy) is 1. The predicted octanol–water partition coefficient (Wildman–Crippen LogP) is 3.88. The van der Waals surface area contributed by atoms with Crippen LogP contribution in [0.2, 0.25) is 0 Å². The number of carbonyl (C=O) groups excluding carboxylic acids is 1. The monoisotopic (exact) mass is 499 g/mol. The largest absolute Gasteiger partial charge is 0.488 e.